The largest absolute Gasteiger partial charge is 0.382 e. The van der Waals surface area contributed by atoms with Crippen LogP contribution in [0.2, 0.25) is 0 Å². The van der Waals surface area contributed by atoms with Crippen LogP contribution in [-0.2, 0) is 0 Å². The summed E-state index contributed by atoms with van der Waals surface area (Å²) in [6.45, 7) is 1.74. The van der Waals surface area contributed by atoms with Gasteiger partial charge in [0.15, 0.2) is 0 Å². The predicted molar refractivity (Wildman–Crippen MR) is 38.0 cm³/mol. The summed E-state index contributed by atoms with van der Waals surface area (Å²) in [5, 5.41) is 9.34. The van der Waals surface area contributed by atoms with E-state index in [1.165, 1.54) is 0 Å². The topological polar surface area (TPSA) is 20.2 Å². The molecule has 0 aliphatic heterocycles. The number of hydrogen-bond donors (Lipinski definition) is 1. The van der Waals surface area contributed by atoms with E-state index in [9.17, 15) is 5.11 Å². The lowest BCUT2D eigenvalue weighted by Crippen LogP contribution is -2.15. The monoisotopic (exact) mass is 122 g/mol. The molecule has 1 rings (SSSR count). The zero-order valence-corrected chi connectivity index (χ0v) is 5.41. The van der Waals surface area contributed by atoms with Crippen molar-refractivity contribution in [1.29, 1.82) is 0 Å². The zero-order chi connectivity index (χ0) is 6.74. The average Bonchev–Trinajstić information content (AvgIpc) is 1.92. The Morgan fingerprint density at radius 2 is 1.44 bits per heavy atom. The van der Waals surface area contributed by atoms with E-state index in [2.05, 4.69) is 0 Å². The van der Waals surface area contributed by atoms with Gasteiger partial charge in [0, 0.05) is 0 Å². The summed E-state index contributed by atoms with van der Waals surface area (Å²) in [7, 11) is 0. The van der Waals surface area contributed by atoms with E-state index >= 15 is 0 Å². The smallest absolute Gasteiger partial charge is 0.0986 e. The lowest BCUT2D eigenvalue weighted by atomic mass is 10.1. The second-order valence-corrected chi connectivity index (χ2v) is 2.33. The van der Waals surface area contributed by atoms with Gasteiger partial charge in [0.1, 0.15) is 0 Å². The molecule has 1 nitrogen and oxygen atoms in total. The molecular formula is C8H10O. The molecule has 0 aromatic rings. The number of allylic oxidation sites excluding steroid dienone is 4. The molecule has 0 aromatic carbocycles. The summed E-state index contributed by atoms with van der Waals surface area (Å²) in [5.41, 5.74) is -0.760. The Bertz CT molecular complexity index is 155. The second-order valence-electron chi connectivity index (χ2n) is 2.33. The van der Waals surface area contributed by atoms with E-state index in [0.717, 1.165) is 0 Å². The number of rotatable bonds is 0. The first-order valence-corrected chi connectivity index (χ1v) is 2.97. The van der Waals surface area contributed by atoms with Crippen molar-refractivity contribution in [2.45, 2.75) is 12.5 Å². The minimum absolute atomic E-state index is 0.760. The summed E-state index contributed by atoms with van der Waals surface area (Å²) in [6, 6.07) is 0. The van der Waals surface area contributed by atoms with Crippen molar-refractivity contribution in [3.63, 3.8) is 0 Å². The van der Waals surface area contributed by atoms with E-state index in [4.69, 9.17) is 0 Å². The molecule has 48 valence electrons. The van der Waals surface area contributed by atoms with Gasteiger partial charge in [-0.05, 0) is 19.1 Å². The third-order valence-electron chi connectivity index (χ3n) is 1.20. The van der Waals surface area contributed by atoms with Gasteiger partial charge in [0.05, 0.1) is 5.60 Å². The number of aliphatic hydroxyl groups is 1. The van der Waals surface area contributed by atoms with Gasteiger partial charge in [0.2, 0.25) is 0 Å². The molecule has 1 aliphatic carbocycles. The third-order valence-corrected chi connectivity index (χ3v) is 1.20. The van der Waals surface area contributed by atoms with Crippen LogP contribution >= 0.6 is 0 Å². The van der Waals surface area contributed by atoms with Gasteiger partial charge < -0.3 is 5.11 Å². The third kappa shape index (κ3) is 1.86. The molecule has 0 heterocycles. The van der Waals surface area contributed by atoms with Gasteiger partial charge in [0.25, 0.3) is 0 Å². The minimum atomic E-state index is -0.760. The van der Waals surface area contributed by atoms with E-state index in [0.29, 0.717) is 0 Å². The normalized spacial score (nSPS) is 22.0. The van der Waals surface area contributed by atoms with Crippen LogP contribution in [0.25, 0.3) is 0 Å². The first-order chi connectivity index (χ1) is 4.21. The van der Waals surface area contributed by atoms with Crippen LogP contribution in [0.5, 0.6) is 0 Å². The molecule has 0 bridgehead atoms. The molecular weight excluding hydrogens is 112 g/mol. The first kappa shape index (κ1) is 6.30. The lowest BCUT2D eigenvalue weighted by molar-refractivity contribution is 0.164. The van der Waals surface area contributed by atoms with Crippen molar-refractivity contribution in [1.82, 2.24) is 0 Å². The quantitative estimate of drug-likeness (QED) is 0.515. The van der Waals surface area contributed by atoms with E-state index in [1.807, 2.05) is 24.3 Å². The molecule has 0 radical (unpaired) electrons. The fourth-order valence-electron chi connectivity index (χ4n) is 0.685. The molecule has 0 fully saturated rings. The van der Waals surface area contributed by atoms with Crippen LogP contribution in [-0.4, -0.2) is 10.7 Å². The van der Waals surface area contributed by atoms with Crippen LogP contribution in [0.4, 0.5) is 0 Å². The molecule has 0 atom stereocenters. The van der Waals surface area contributed by atoms with Crippen molar-refractivity contribution in [2.24, 2.45) is 0 Å². The Morgan fingerprint density at radius 1 is 1.00 bits per heavy atom. The average molecular weight is 122 g/mol. The van der Waals surface area contributed by atoms with E-state index in [-0.39, 0.29) is 0 Å². The highest BCUT2D eigenvalue weighted by molar-refractivity contribution is 5.24. The Morgan fingerprint density at radius 3 is 1.89 bits per heavy atom. The van der Waals surface area contributed by atoms with Crippen LogP contribution in [0.1, 0.15) is 6.92 Å². The molecule has 9 heavy (non-hydrogen) atoms. The van der Waals surface area contributed by atoms with Crippen molar-refractivity contribution < 1.29 is 5.11 Å². The zero-order valence-electron chi connectivity index (χ0n) is 5.41. The van der Waals surface area contributed by atoms with Crippen LogP contribution in [0.3, 0.4) is 0 Å². The predicted octanol–water partition coefficient (Wildman–Crippen LogP) is 1.42. The molecule has 0 spiro atoms. The molecule has 0 amide bonds. The van der Waals surface area contributed by atoms with Gasteiger partial charge >= 0.3 is 0 Å². The second kappa shape index (κ2) is 2.19. The van der Waals surface area contributed by atoms with Gasteiger partial charge in [-0.3, -0.25) is 0 Å². The molecule has 1 N–H and O–H groups in total. The maximum absolute atomic E-state index is 9.34. The molecule has 1 aliphatic rings. The van der Waals surface area contributed by atoms with Crippen LogP contribution < -0.4 is 0 Å². The lowest BCUT2D eigenvalue weighted by Gasteiger charge is -2.10. The SMILES string of the molecule is CC1(O)C=CC=CC=C1. The maximum Gasteiger partial charge on any atom is 0.0986 e. The fraction of sp³-hybridized carbons (Fsp3) is 0.250. The van der Waals surface area contributed by atoms with Crippen molar-refractivity contribution >= 4 is 0 Å². The summed E-state index contributed by atoms with van der Waals surface area (Å²) in [4.78, 5) is 0. The molecule has 0 saturated carbocycles. The Labute approximate surface area is 55.0 Å². The van der Waals surface area contributed by atoms with E-state index < -0.39 is 5.60 Å². The highest BCUT2D eigenvalue weighted by Gasteiger charge is 2.09. The van der Waals surface area contributed by atoms with Crippen LogP contribution in [0, 0.1) is 0 Å². The summed E-state index contributed by atoms with van der Waals surface area (Å²) < 4.78 is 0. The summed E-state index contributed by atoms with van der Waals surface area (Å²) in [6.07, 6.45) is 10.9. The highest BCUT2D eigenvalue weighted by Crippen LogP contribution is 2.09. The fourth-order valence-corrected chi connectivity index (χ4v) is 0.685. The molecule has 1 heteroatoms. The molecule has 0 unspecified atom stereocenters. The maximum atomic E-state index is 9.34. The Kier molecular flexibility index (Phi) is 1.54. The molecule has 0 saturated heterocycles. The van der Waals surface area contributed by atoms with Gasteiger partial charge in [-0.1, -0.05) is 24.3 Å². The van der Waals surface area contributed by atoms with Crippen molar-refractivity contribution in [3.05, 3.63) is 36.5 Å². The summed E-state index contributed by atoms with van der Waals surface area (Å²) in [5.74, 6) is 0. The van der Waals surface area contributed by atoms with E-state index in [1.54, 1.807) is 19.1 Å². The molecule has 0 aromatic heterocycles. The van der Waals surface area contributed by atoms with Gasteiger partial charge in [-0.25, -0.2) is 0 Å². The van der Waals surface area contributed by atoms with Crippen molar-refractivity contribution in [3.8, 4) is 0 Å². The Hall–Kier alpha value is -0.820. The minimum Gasteiger partial charge on any atom is -0.382 e. The number of hydrogen-bond acceptors (Lipinski definition) is 1. The standard InChI is InChI=1S/C8H10O/c1-8(9)6-4-2-3-5-7-8/h2-7,9H,1H3. The first-order valence-electron chi connectivity index (χ1n) is 2.97. The van der Waals surface area contributed by atoms with Crippen LogP contribution in [0.15, 0.2) is 36.5 Å². The summed E-state index contributed by atoms with van der Waals surface area (Å²) >= 11 is 0. The highest BCUT2D eigenvalue weighted by atomic mass is 16.3. The van der Waals surface area contributed by atoms with Gasteiger partial charge in [-0.15, -0.1) is 0 Å². The Balaban J connectivity index is 2.82. The van der Waals surface area contributed by atoms with Gasteiger partial charge in [-0.2, -0.15) is 0 Å². The van der Waals surface area contributed by atoms with Crippen molar-refractivity contribution in [2.75, 3.05) is 0 Å².